The Morgan fingerprint density at radius 1 is 0.903 bits per heavy atom. The first-order valence-corrected chi connectivity index (χ1v) is 9.89. The molecule has 0 saturated heterocycles. The van der Waals surface area contributed by atoms with E-state index in [9.17, 15) is 4.79 Å². The summed E-state index contributed by atoms with van der Waals surface area (Å²) in [5.74, 6) is 1.21. The van der Waals surface area contributed by atoms with Crippen LogP contribution in [0.25, 0.3) is 22.5 Å². The smallest absolute Gasteiger partial charge is 0.274 e. The number of fused-ring (bicyclic) bond motifs is 1. The summed E-state index contributed by atoms with van der Waals surface area (Å²) in [7, 11) is 1.59. The van der Waals surface area contributed by atoms with Gasteiger partial charge in [-0.3, -0.25) is 4.79 Å². The lowest BCUT2D eigenvalue weighted by Crippen LogP contribution is -2.17. The number of benzene rings is 2. The number of nitrogens with zero attached hydrogens (tertiary/aromatic N) is 3. The molecule has 0 spiro atoms. The molecule has 0 aliphatic rings. The van der Waals surface area contributed by atoms with Gasteiger partial charge in [-0.15, -0.1) is 0 Å². The summed E-state index contributed by atoms with van der Waals surface area (Å²) < 4.78 is 8.92. The van der Waals surface area contributed by atoms with E-state index in [1.807, 2.05) is 52.9 Å². The van der Waals surface area contributed by atoms with Crippen LogP contribution in [0.4, 0.5) is 5.69 Å². The van der Waals surface area contributed by atoms with Crippen LogP contribution in [0.5, 0.6) is 5.75 Å². The maximum absolute atomic E-state index is 13.0. The van der Waals surface area contributed by atoms with Gasteiger partial charge in [-0.1, -0.05) is 42.5 Å². The van der Waals surface area contributed by atoms with Gasteiger partial charge in [0.15, 0.2) is 0 Å². The molecule has 1 N–H and O–H groups in total. The van der Waals surface area contributed by atoms with Gasteiger partial charge in [0.2, 0.25) is 0 Å². The van der Waals surface area contributed by atoms with Gasteiger partial charge in [0.1, 0.15) is 17.3 Å². The van der Waals surface area contributed by atoms with Gasteiger partial charge in [0.05, 0.1) is 13.3 Å². The average Bonchev–Trinajstić information content (AvgIpc) is 3.46. The molecule has 152 valence electrons. The fourth-order valence-electron chi connectivity index (χ4n) is 3.61. The largest absolute Gasteiger partial charge is 0.497 e. The Hall–Kier alpha value is -4.32. The Morgan fingerprint density at radius 2 is 1.74 bits per heavy atom. The van der Waals surface area contributed by atoms with Crippen molar-refractivity contribution in [3.05, 3.63) is 103 Å². The maximum Gasteiger partial charge on any atom is 0.274 e. The molecule has 3 heterocycles. The second-order valence-corrected chi connectivity index (χ2v) is 7.08. The van der Waals surface area contributed by atoms with E-state index in [1.165, 1.54) is 0 Å². The molecular weight excluding hydrogens is 388 g/mol. The van der Waals surface area contributed by atoms with Crippen LogP contribution in [-0.4, -0.2) is 27.2 Å². The van der Waals surface area contributed by atoms with Crippen molar-refractivity contribution in [3.8, 4) is 22.7 Å². The van der Waals surface area contributed by atoms with E-state index in [0.717, 1.165) is 22.5 Å². The molecule has 2 aromatic carbocycles. The molecule has 6 nitrogen and oxygen atoms in total. The second kappa shape index (κ2) is 7.84. The Labute approximate surface area is 179 Å². The monoisotopic (exact) mass is 408 g/mol. The number of anilines is 1. The molecule has 0 aliphatic carbocycles. The minimum absolute atomic E-state index is 0.250. The Morgan fingerprint density at radius 3 is 2.58 bits per heavy atom. The Bertz CT molecular complexity index is 1370. The summed E-state index contributed by atoms with van der Waals surface area (Å²) in [6, 6.07) is 27.3. The van der Waals surface area contributed by atoms with Crippen molar-refractivity contribution in [2.24, 2.45) is 0 Å². The quantitative estimate of drug-likeness (QED) is 0.443. The zero-order valence-corrected chi connectivity index (χ0v) is 16.9. The van der Waals surface area contributed by atoms with Crippen molar-refractivity contribution in [3.63, 3.8) is 0 Å². The van der Waals surface area contributed by atoms with Crippen molar-refractivity contribution in [2.45, 2.75) is 0 Å². The van der Waals surface area contributed by atoms with Crippen LogP contribution < -0.4 is 10.1 Å². The molecule has 1 amide bonds. The number of methoxy groups -OCH3 is 1. The Kier molecular flexibility index (Phi) is 4.72. The fourth-order valence-corrected chi connectivity index (χ4v) is 3.61. The highest BCUT2D eigenvalue weighted by Gasteiger charge is 2.16. The number of carbonyl (C=O) groups is 1. The van der Waals surface area contributed by atoms with Gasteiger partial charge in [-0.25, -0.2) is 4.68 Å². The summed E-state index contributed by atoms with van der Waals surface area (Å²) in [5, 5.41) is 7.34. The van der Waals surface area contributed by atoms with Crippen molar-refractivity contribution < 1.29 is 9.53 Å². The maximum atomic E-state index is 13.0. The van der Waals surface area contributed by atoms with E-state index >= 15 is 0 Å². The standard InChI is InChI=1S/C25H20N4O2/c1-31-22-9-5-8-20(16-22)27-25(30)23-14-15-26-29(23)24-13-12-21-11-10-19(17-28(21)24)18-6-3-2-4-7-18/h2-17H,1H3,(H,27,30). The van der Waals surface area contributed by atoms with Crippen LogP contribution in [0, 0.1) is 0 Å². The lowest BCUT2D eigenvalue weighted by molar-refractivity contribution is 0.101. The molecule has 31 heavy (non-hydrogen) atoms. The first-order chi connectivity index (χ1) is 15.2. The van der Waals surface area contributed by atoms with Crippen LogP contribution in [0.2, 0.25) is 0 Å². The number of ether oxygens (including phenoxy) is 1. The Balaban J connectivity index is 1.52. The number of hydrogen-bond donors (Lipinski definition) is 1. The van der Waals surface area contributed by atoms with Gasteiger partial charge in [0, 0.05) is 23.5 Å². The molecule has 0 radical (unpaired) electrons. The van der Waals surface area contributed by atoms with Gasteiger partial charge in [-0.2, -0.15) is 5.10 Å². The van der Waals surface area contributed by atoms with E-state index in [-0.39, 0.29) is 5.91 Å². The number of amides is 1. The lowest BCUT2D eigenvalue weighted by atomic mass is 10.1. The number of hydrogen-bond acceptors (Lipinski definition) is 3. The average molecular weight is 408 g/mol. The number of nitrogens with one attached hydrogen (secondary N) is 1. The van der Waals surface area contributed by atoms with Gasteiger partial charge < -0.3 is 14.5 Å². The first-order valence-electron chi connectivity index (χ1n) is 9.89. The summed E-state index contributed by atoms with van der Waals surface area (Å²) in [4.78, 5) is 13.0. The van der Waals surface area contributed by atoms with Crippen LogP contribution in [0.3, 0.4) is 0 Å². The third-order valence-electron chi connectivity index (χ3n) is 5.16. The van der Waals surface area contributed by atoms with Crippen molar-refractivity contribution in [1.29, 1.82) is 0 Å². The van der Waals surface area contributed by atoms with E-state index in [2.05, 4.69) is 40.9 Å². The first kappa shape index (κ1) is 18.7. The summed E-state index contributed by atoms with van der Waals surface area (Å²) in [6.45, 7) is 0. The molecule has 0 unspecified atom stereocenters. The number of aromatic nitrogens is 3. The summed E-state index contributed by atoms with van der Waals surface area (Å²) in [5.41, 5.74) is 4.32. The van der Waals surface area contributed by atoms with Crippen molar-refractivity contribution in [2.75, 3.05) is 12.4 Å². The van der Waals surface area contributed by atoms with E-state index in [0.29, 0.717) is 17.1 Å². The topological polar surface area (TPSA) is 60.6 Å². The van der Waals surface area contributed by atoms with Gasteiger partial charge >= 0.3 is 0 Å². The zero-order valence-electron chi connectivity index (χ0n) is 16.9. The molecule has 5 rings (SSSR count). The SMILES string of the molecule is COc1cccc(NC(=O)c2ccnn2-c2ccc3ccc(-c4ccccc4)cn23)c1. The van der Waals surface area contributed by atoms with Gasteiger partial charge in [-0.05, 0) is 47.5 Å². The molecule has 0 aliphatic heterocycles. The zero-order chi connectivity index (χ0) is 21.2. The predicted octanol–water partition coefficient (Wildman–Crippen LogP) is 5.05. The van der Waals surface area contributed by atoms with Crippen molar-refractivity contribution >= 4 is 17.1 Å². The number of rotatable bonds is 5. The van der Waals surface area contributed by atoms with Crippen LogP contribution in [0.1, 0.15) is 10.5 Å². The molecule has 5 aromatic rings. The minimum Gasteiger partial charge on any atom is -0.497 e. The molecular formula is C25H20N4O2. The molecule has 6 heteroatoms. The number of pyridine rings is 1. The number of carbonyl (C=O) groups excluding carboxylic acids is 1. The van der Waals surface area contributed by atoms with Crippen LogP contribution >= 0.6 is 0 Å². The molecule has 0 fully saturated rings. The lowest BCUT2D eigenvalue weighted by Gasteiger charge is -2.11. The van der Waals surface area contributed by atoms with E-state index in [1.54, 1.807) is 30.1 Å². The fraction of sp³-hybridized carbons (Fsp3) is 0.0400. The van der Waals surface area contributed by atoms with Crippen molar-refractivity contribution in [1.82, 2.24) is 14.2 Å². The third-order valence-corrected chi connectivity index (χ3v) is 5.16. The summed E-state index contributed by atoms with van der Waals surface area (Å²) >= 11 is 0. The minimum atomic E-state index is -0.250. The highest BCUT2D eigenvalue weighted by molar-refractivity contribution is 6.03. The third kappa shape index (κ3) is 3.55. The molecule has 0 saturated carbocycles. The van der Waals surface area contributed by atoms with E-state index in [4.69, 9.17) is 4.74 Å². The summed E-state index contributed by atoms with van der Waals surface area (Å²) in [6.07, 6.45) is 3.69. The van der Waals surface area contributed by atoms with Crippen LogP contribution in [0.15, 0.2) is 97.3 Å². The molecule has 0 atom stereocenters. The van der Waals surface area contributed by atoms with Gasteiger partial charge in [0.25, 0.3) is 5.91 Å². The second-order valence-electron chi connectivity index (χ2n) is 7.08. The molecule has 0 bridgehead atoms. The highest BCUT2D eigenvalue weighted by atomic mass is 16.5. The normalized spacial score (nSPS) is 10.9. The predicted molar refractivity (Wildman–Crippen MR) is 121 cm³/mol. The van der Waals surface area contributed by atoms with Crippen LogP contribution in [-0.2, 0) is 0 Å². The molecule has 3 aromatic heterocycles. The highest BCUT2D eigenvalue weighted by Crippen LogP contribution is 2.24. The van der Waals surface area contributed by atoms with E-state index < -0.39 is 0 Å².